The molecule has 1 N–H and O–H groups in total. The molecule has 0 aliphatic heterocycles. The van der Waals surface area contributed by atoms with Gasteiger partial charge in [-0.3, -0.25) is 0 Å². The van der Waals surface area contributed by atoms with Crippen molar-refractivity contribution in [3.63, 3.8) is 0 Å². The Labute approximate surface area is 94.7 Å². The van der Waals surface area contributed by atoms with E-state index >= 15 is 0 Å². The van der Waals surface area contributed by atoms with Crippen LogP contribution in [-0.2, 0) is 0 Å². The van der Waals surface area contributed by atoms with E-state index in [0.717, 1.165) is 24.3 Å². The molecule has 0 saturated heterocycles. The minimum absolute atomic E-state index is 0.0862. The Kier molecular flexibility index (Phi) is 2.99. The lowest BCUT2D eigenvalue weighted by molar-refractivity contribution is 0.582. The van der Waals surface area contributed by atoms with Gasteiger partial charge >= 0.3 is 0 Å². The highest BCUT2D eigenvalue weighted by atomic mass is 19.1. The Balaban J connectivity index is 2.31. The van der Waals surface area contributed by atoms with Crippen molar-refractivity contribution < 1.29 is 17.6 Å². The molecule has 0 heterocycles. The lowest BCUT2D eigenvalue weighted by atomic mass is 10.2. The average molecular weight is 241 g/mol. The first kappa shape index (κ1) is 11.4. The normalized spacial score (nSPS) is 10.4. The van der Waals surface area contributed by atoms with E-state index in [1.807, 2.05) is 0 Å². The molecule has 0 fully saturated rings. The van der Waals surface area contributed by atoms with Crippen LogP contribution in [0, 0.1) is 23.3 Å². The van der Waals surface area contributed by atoms with Crippen LogP contribution in [0.2, 0.25) is 0 Å². The van der Waals surface area contributed by atoms with Crippen LogP contribution in [0.4, 0.5) is 28.9 Å². The molecular formula is C12H7F4N. The fourth-order valence-corrected chi connectivity index (χ4v) is 1.33. The third kappa shape index (κ3) is 2.55. The summed E-state index contributed by atoms with van der Waals surface area (Å²) in [5.74, 6) is -3.16. The Morgan fingerprint density at radius 2 is 1.06 bits per heavy atom. The van der Waals surface area contributed by atoms with Crippen molar-refractivity contribution in [2.24, 2.45) is 0 Å². The van der Waals surface area contributed by atoms with Gasteiger partial charge in [0.1, 0.15) is 23.3 Å². The number of halogens is 4. The molecule has 0 spiro atoms. The summed E-state index contributed by atoms with van der Waals surface area (Å²) < 4.78 is 51.8. The van der Waals surface area contributed by atoms with Crippen LogP contribution < -0.4 is 5.32 Å². The second kappa shape index (κ2) is 4.45. The van der Waals surface area contributed by atoms with Gasteiger partial charge in [-0.25, -0.2) is 17.6 Å². The molecule has 0 bridgehead atoms. The number of rotatable bonds is 2. The van der Waals surface area contributed by atoms with Crippen LogP contribution in [0.15, 0.2) is 36.4 Å². The molecule has 2 aromatic carbocycles. The molecule has 2 rings (SSSR count). The van der Waals surface area contributed by atoms with Crippen molar-refractivity contribution in [1.82, 2.24) is 0 Å². The summed E-state index contributed by atoms with van der Waals surface area (Å²) in [5, 5.41) is 2.41. The molecule has 0 atom stereocenters. The molecular weight excluding hydrogens is 234 g/mol. The van der Waals surface area contributed by atoms with Crippen molar-refractivity contribution in [1.29, 1.82) is 0 Å². The Morgan fingerprint density at radius 1 is 0.647 bits per heavy atom. The van der Waals surface area contributed by atoms with E-state index in [1.54, 1.807) is 0 Å². The molecule has 0 aromatic heterocycles. The van der Waals surface area contributed by atoms with E-state index in [1.165, 1.54) is 0 Å². The van der Waals surface area contributed by atoms with Crippen molar-refractivity contribution in [2.45, 2.75) is 0 Å². The second-order valence-corrected chi connectivity index (χ2v) is 3.37. The van der Waals surface area contributed by atoms with Crippen LogP contribution in [0.3, 0.4) is 0 Å². The van der Waals surface area contributed by atoms with Crippen molar-refractivity contribution >= 4 is 11.4 Å². The van der Waals surface area contributed by atoms with E-state index in [2.05, 4.69) is 5.32 Å². The molecule has 1 nitrogen and oxygen atoms in total. The number of anilines is 2. The van der Waals surface area contributed by atoms with Crippen LogP contribution in [0.25, 0.3) is 0 Å². The zero-order chi connectivity index (χ0) is 12.4. The van der Waals surface area contributed by atoms with Gasteiger partial charge < -0.3 is 5.32 Å². The van der Waals surface area contributed by atoms with Crippen LogP contribution in [-0.4, -0.2) is 0 Å². The molecule has 0 radical (unpaired) electrons. The van der Waals surface area contributed by atoms with E-state index in [9.17, 15) is 17.6 Å². The highest BCUT2D eigenvalue weighted by Gasteiger charge is 2.07. The monoisotopic (exact) mass is 241 g/mol. The van der Waals surface area contributed by atoms with Gasteiger partial charge in [0.25, 0.3) is 0 Å². The number of nitrogens with one attached hydrogen (secondary N) is 1. The van der Waals surface area contributed by atoms with Crippen molar-refractivity contribution in [3.05, 3.63) is 59.7 Å². The van der Waals surface area contributed by atoms with Gasteiger partial charge in [0, 0.05) is 12.1 Å². The lowest BCUT2D eigenvalue weighted by Gasteiger charge is -2.08. The largest absolute Gasteiger partial charge is 0.351 e. The highest BCUT2D eigenvalue weighted by Crippen LogP contribution is 2.23. The quantitative estimate of drug-likeness (QED) is 0.784. The zero-order valence-corrected chi connectivity index (χ0v) is 8.48. The maximum atomic E-state index is 13.2. The van der Waals surface area contributed by atoms with E-state index in [-0.39, 0.29) is 11.4 Å². The molecule has 0 aliphatic carbocycles. The van der Waals surface area contributed by atoms with Gasteiger partial charge in [-0.15, -0.1) is 0 Å². The summed E-state index contributed by atoms with van der Waals surface area (Å²) in [6.07, 6.45) is 0. The number of hydrogen-bond acceptors (Lipinski definition) is 1. The first-order chi connectivity index (χ1) is 8.06. The van der Waals surface area contributed by atoms with Crippen LogP contribution in [0.5, 0.6) is 0 Å². The maximum absolute atomic E-state index is 13.2. The molecule has 88 valence electrons. The fourth-order valence-electron chi connectivity index (χ4n) is 1.33. The lowest BCUT2D eigenvalue weighted by Crippen LogP contribution is -1.97. The number of benzene rings is 2. The predicted octanol–water partition coefficient (Wildman–Crippen LogP) is 3.99. The predicted molar refractivity (Wildman–Crippen MR) is 56.0 cm³/mol. The molecule has 0 saturated carbocycles. The Bertz CT molecular complexity index is 505. The molecule has 0 amide bonds. The molecule has 17 heavy (non-hydrogen) atoms. The van der Waals surface area contributed by atoms with Gasteiger partial charge in [0.2, 0.25) is 0 Å². The van der Waals surface area contributed by atoms with Gasteiger partial charge in [-0.05, 0) is 24.3 Å². The van der Waals surface area contributed by atoms with Crippen LogP contribution in [0.1, 0.15) is 0 Å². The Morgan fingerprint density at radius 3 is 1.41 bits per heavy atom. The van der Waals surface area contributed by atoms with Crippen molar-refractivity contribution in [3.8, 4) is 0 Å². The SMILES string of the molecule is Fc1ccc(Nc2ccc(F)cc2F)c(F)c1. The number of hydrogen-bond donors (Lipinski definition) is 1. The summed E-state index contributed by atoms with van der Waals surface area (Å²) in [5.41, 5.74) is -0.172. The van der Waals surface area contributed by atoms with Gasteiger partial charge in [-0.2, -0.15) is 0 Å². The minimum atomic E-state index is -0.853. The molecule has 0 aliphatic rings. The first-order valence-corrected chi connectivity index (χ1v) is 4.73. The third-order valence-electron chi connectivity index (χ3n) is 2.13. The topological polar surface area (TPSA) is 12.0 Å². The average Bonchev–Trinajstić information content (AvgIpc) is 2.25. The molecule has 5 heteroatoms. The highest BCUT2D eigenvalue weighted by molar-refractivity contribution is 5.60. The van der Waals surface area contributed by atoms with Gasteiger partial charge in [0.15, 0.2) is 0 Å². The second-order valence-electron chi connectivity index (χ2n) is 3.37. The van der Waals surface area contributed by atoms with E-state index in [4.69, 9.17) is 0 Å². The van der Waals surface area contributed by atoms with Crippen molar-refractivity contribution in [2.75, 3.05) is 5.32 Å². The minimum Gasteiger partial charge on any atom is -0.351 e. The van der Waals surface area contributed by atoms with E-state index < -0.39 is 23.3 Å². The molecule has 2 aromatic rings. The fraction of sp³-hybridized carbons (Fsp3) is 0. The summed E-state index contributed by atoms with van der Waals surface area (Å²) in [7, 11) is 0. The zero-order valence-electron chi connectivity index (χ0n) is 8.48. The maximum Gasteiger partial charge on any atom is 0.149 e. The smallest absolute Gasteiger partial charge is 0.149 e. The first-order valence-electron chi connectivity index (χ1n) is 4.73. The Hall–Kier alpha value is -2.04. The van der Waals surface area contributed by atoms with E-state index in [0.29, 0.717) is 12.1 Å². The summed E-state index contributed by atoms with van der Waals surface area (Å²) >= 11 is 0. The molecule has 0 unspecified atom stereocenters. The van der Waals surface area contributed by atoms with Crippen LogP contribution >= 0.6 is 0 Å². The third-order valence-corrected chi connectivity index (χ3v) is 2.13. The van der Waals surface area contributed by atoms with Gasteiger partial charge in [0.05, 0.1) is 11.4 Å². The standard InChI is InChI=1S/C12H7F4N/c13-7-1-3-11(9(15)5-7)17-12-4-2-8(14)6-10(12)16/h1-6,17H. The summed E-state index contributed by atoms with van der Waals surface area (Å²) in [4.78, 5) is 0. The summed E-state index contributed by atoms with van der Waals surface area (Å²) in [6, 6.07) is 5.67. The van der Waals surface area contributed by atoms with Gasteiger partial charge in [-0.1, -0.05) is 0 Å². The summed E-state index contributed by atoms with van der Waals surface area (Å²) in [6.45, 7) is 0.